The van der Waals surface area contributed by atoms with Crippen molar-refractivity contribution in [3.63, 3.8) is 0 Å². The summed E-state index contributed by atoms with van der Waals surface area (Å²) in [5.74, 6) is 0. The van der Waals surface area contributed by atoms with Gasteiger partial charge in [-0.2, -0.15) is 21.9 Å². The van der Waals surface area contributed by atoms with Gasteiger partial charge in [-0.05, 0) is 0 Å². The quantitative estimate of drug-likeness (QED) is 0.353. The number of hydrogen-bond donors (Lipinski definition) is 0. The summed E-state index contributed by atoms with van der Waals surface area (Å²) in [6, 6.07) is 43.5. The van der Waals surface area contributed by atoms with Gasteiger partial charge >= 0.3 is 22.4 Å². The Morgan fingerprint density at radius 2 is 0.519 bits per heavy atom. The Kier molecular flexibility index (Phi) is 8.13. The molecule has 0 atom stereocenters. The van der Waals surface area contributed by atoms with Crippen molar-refractivity contribution in [3.8, 4) is 0 Å². The maximum atomic E-state index is 2.26. The van der Waals surface area contributed by atoms with Crippen LogP contribution in [0.3, 0.4) is 0 Å². The molecule has 0 fully saturated rings. The van der Waals surface area contributed by atoms with Crippen LogP contribution < -0.4 is 21.9 Å². The number of hydrogen-bond acceptors (Lipinski definition) is 0. The van der Waals surface area contributed by atoms with Crippen LogP contribution in [0.5, 0.6) is 0 Å². The fourth-order valence-corrected chi connectivity index (χ4v) is 4.12. The van der Waals surface area contributed by atoms with Crippen LogP contribution in [0.1, 0.15) is 0 Å². The Bertz CT molecular complexity index is 763. The van der Waals surface area contributed by atoms with E-state index < -0.39 is 6.15 Å². The third kappa shape index (κ3) is 4.15. The SMILES string of the molecule is [Ag+].[Ag].c1ccc([B-](c2ccccc2)(c2ccccc2)c2ccccc2)cc1. The van der Waals surface area contributed by atoms with E-state index in [1.807, 2.05) is 0 Å². The van der Waals surface area contributed by atoms with Crippen molar-refractivity contribution in [2.75, 3.05) is 0 Å². The maximum Gasteiger partial charge on any atom is 1.00 e. The minimum Gasteiger partial charge on any atom is -0.195 e. The molecule has 0 saturated heterocycles. The molecule has 0 N–H and O–H groups in total. The molecule has 0 aliphatic heterocycles. The molecule has 0 aliphatic carbocycles. The van der Waals surface area contributed by atoms with Gasteiger partial charge in [-0.15, -0.1) is 0 Å². The molecule has 1 radical (unpaired) electrons. The first-order valence-corrected chi connectivity index (χ1v) is 8.80. The monoisotopic (exact) mass is 533 g/mol. The van der Waals surface area contributed by atoms with Crippen LogP contribution in [0.2, 0.25) is 0 Å². The van der Waals surface area contributed by atoms with Crippen LogP contribution in [-0.2, 0) is 44.8 Å². The molecule has 0 unspecified atom stereocenters. The summed E-state index contributed by atoms with van der Waals surface area (Å²) in [4.78, 5) is 0. The molecule has 0 heterocycles. The van der Waals surface area contributed by atoms with E-state index in [-0.39, 0.29) is 44.8 Å². The smallest absolute Gasteiger partial charge is 0.195 e. The minimum absolute atomic E-state index is 0. The molecule has 4 aromatic carbocycles. The molecule has 3 heteroatoms. The molecule has 0 aromatic heterocycles. The van der Waals surface area contributed by atoms with Crippen LogP contribution in [0.4, 0.5) is 0 Å². The van der Waals surface area contributed by atoms with Gasteiger partial charge in [0.05, 0.1) is 0 Å². The van der Waals surface area contributed by atoms with Crippen molar-refractivity contribution in [2.45, 2.75) is 0 Å². The van der Waals surface area contributed by atoms with Gasteiger partial charge in [-0.25, -0.2) is 0 Å². The zero-order chi connectivity index (χ0) is 17.0. The molecular formula is C24H20Ag2B. The van der Waals surface area contributed by atoms with Gasteiger partial charge < -0.3 is 0 Å². The zero-order valence-corrected chi connectivity index (χ0v) is 17.7. The standard InChI is InChI=1S/C24H20B.2Ag/c1-5-13-21(14-6-1)25(22-15-7-2-8-16-22,23-17-9-3-10-18-23)24-19-11-4-12-20-24;;/h1-20H;;/q-1;;+1. The molecule has 0 bridgehead atoms. The first kappa shape index (κ1) is 21.7. The van der Waals surface area contributed by atoms with Crippen LogP contribution in [0.15, 0.2) is 121 Å². The van der Waals surface area contributed by atoms with Gasteiger partial charge in [0.1, 0.15) is 6.15 Å². The number of rotatable bonds is 4. The second-order valence-corrected chi connectivity index (χ2v) is 6.51. The third-order valence-electron chi connectivity index (χ3n) is 5.20. The van der Waals surface area contributed by atoms with Gasteiger partial charge in [0.25, 0.3) is 0 Å². The summed E-state index contributed by atoms with van der Waals surface area (Å²) in [6.07, 6.45) is -1.22. The summed E-state index contributed by atoms with van der Waals surface area (Å²) in [7, 11) is 0. The molecule has 141 valence electrons. The van der Waals surface area contributed by atoms with E-state index in [2.05, 4.69) is 121 Å². The van der Waals surface area contributed by atoms with Crippen LogP contribution in [-0.4, -0.2) is 6.15 Å². The molecule has 0 aliphatic rings. The summed E-state index contributed by atoms with van der Waals surface area (Å²) in [5, 5.41) is 0. The molecule has 27 heavy (non-hydrogen) atoms. The van der Waals surface area contributed by atoms with Gasteiger partial charge in [0.15, 0.2) is 0 Å². The molecule has 4 aromatic rings. The van der Waals surface area contributed by atoms with Crippen molar-refractivity contribution in [1.82, 2.24) is 0 Å². The predicted molar refractivity (Wildman–Crippen MR) is 110 cm³/mol. The second-order valence-electron chi connectivity index (χ2n) is 6.51. The number of benzene rings is 4. The van der Waals surface area contributed by atoms with E-state index in [4.69, 9.17) is 0 Å². The Balaban J connectivity index is 0.00000131. The van der Waals surface area contributed by atoms with E-state index in [1.165, 1.54) is 21.9 Å². The van der Waals surface area contributed by atoms with Crippen molar-refractivity contribution in [3.05, 3.63) is 121 Å². The summed E-state index contributed by atoms with van der Waals surface area (Å²) in [6.45, 7) is 0. The second kappa shape index (κ2) is 10.1. The Labute approximate surface area is 193 Å². The largest absolute Gasteiger partial charge is 1.00 e. The maximum absolute atomic E-state index is 2.26. The summed E-state index contributed by atoms with van der Waals surface area (Å²) in [5.41, 5.74) is 5.36. The van der Waals surface area contributed by atoms with Gasteiger partial charge in [0, 0.05) is 22.4 Å². The molecule has 0 saturated carbocycles. The predicted octanol–water partition coefficient (Wildman–Crippen LogP) is 3.06. The van der Waals surface area contributed by atoms with Gasteiger partial charge in [-0.1, -0.05) is 121 Å². The normalized spacial score (nSPS) is 10.4. The molecule has 0 nitrogen and oxygen atoms in total. The topological polar surface area (TPSA) is 0 Å². The van der Waals surface area contributed by atoms with E-state index in [0.29, 0.717) is 0 Å². The molecule has 4 rings (SSSR count). The molecule has 0 spiro atoms. The fraction of sp³-hybridized carbons (Fsp3) is 0. The summed E-state index contributed by atoms with van der Waals surface area (Å²) < 4.78 is 0. The van der Waals surface area contributed by atoms with E-state index in [0.717, 1.165) is 0 Å². The van der Waals surface area contributed by atoms with Gasteiger partial charge in [-0.3, -0.25) is 0 Å². The van der Waals surface area contributed by atoms with E-state index in [1.54, 1.807) is 0 Å². The average molecular weight is 535 g/mol. The van der Waals surface area contributed by atoms with Crippen LogP contribution in [0.25, 0.3) is 0 Å². The van der Waals surface area contributed by atoms with Crippen LogP contribution in [0, 0.1) is 0 Å². The minimum atomic E-state index is -1.22. The van der Waals surface area contributed by atoms with Crippen LogP contribution >= 0.6 is 0 Å². The summed E-state index contributed by atoms with van der Waals surface area (Å²) >= 11 is 0. The van der Waals surface area contributed by atoms with Crippen molar-refractivity contribution in [2.24, 2.45) is 0 Å². The van der Waals surface area contributed by atoms with Gasteiger partial charge in [0.2, 0.25) is 0 Å². The third-order valence-corrected chi connectivity index (χ3v) is 5.20. The Morgan fingerprint density at radius 1 is 0.333 bits per heavy atom. The first-order valence-electron chi connectivity index (χ1n) is 8.80. The first-order chi connectivity index (χ1) is 12.4. The fourth-order valence-electron chi connectivity index (χ4n) is 4.12. The zero-order valence-electron chi connectivity index (χ0n) is 14.7. The van der Waals surface area contributed by atoms with Crippen molar-refractivity contribution < 1.29 is 44.8 Å². The van der Waals surface area contributed by atoms with Crippen molar-refractivity contribution in [1.29, 1.82) is 0 Å². The van der Waals surface area contributed by atoms with Crippen molar-refractivity contribution >= 4 is 28.0 Å². The average Bonchev–Trinajstić information content (AvgIpc) is 2.72. The molecule has 0 amide bonds. The Hall–Kier alpha value is -1.57. The molecular weight excluding hydrogens is 515 g/mol. The van der Waals surface area contributed by atoms with E-state index in [9.17, 15) is 0 Å². The van der Waals surface area contributed by atoms with E-state index >= 15 is 0 Å². The Morgan fingerprint density at radius 3 is 0.704 bits per heavy atom.